The lowest BCUT2D eigenvalue weighted by Gasteiger charge is -2.35. The highest BCUT2D eigenvalue weighted by Crippen LogP contribution is 2.24. The molecule has 1 amide bonds. The van der Waals surface area contributed by atoms with Gasteiger partial charge in [0, 0.05) is 25.2 Å². The van der Waals surface area contributed by atoms with Crippen LogP contribution in [0.1, 0.15) is 35.8 Å². The van der Waals surface area contributed by atoms with Gasteiger partial charge in [-0.2, -0.15) is 0 Å². The number of nitrogens with one attached hydrogen (secondary N) is 1. The molecule has 0 radical (unpaired) electrons. The van der Waals surface area contributed by atoms with E-state index in [1.807, 2.05) is 30.3 Å². The molecule has 1 aliphatic heterocycles. The molecule has 162 valence electrons. The number of carbonyl (C=O) groups excluding carboxylic acids is 1. The van der Waals surface area contributed by atoms with Crippen molar-refractivity contribution >= 4 is 5.91 Å². The van der Waals surface area contributed by atoms with Crippen molar-refractivity contribution in [2.45, 2.75) is 19.9 Å². The second kappa shape index (κ2) is 11.0. The molecule has 0 aliphatic carbocycles. The van der Waals surface area contributed by atoms with Crippen molar-refractivity contribution in [3.63, 3.8) is 0 Å². The average molecular weight is 413 g/mol. The smallest absolute Gasteiger partial charge is 0.251 e. The lowest BCUT2D eigenvalue weighted by molar-refractivity contribution is 0.0162. The first-order valence-electron chi connectivity index (χ1n) is 10.5. The number of hydrogen-bond donors (Lipinski definition) is 1. The number of rotatable bonds is 9. The third-order valence-corrected chi connectivity index (χ3v) is 5.12. The summed E-state index contributed by atoms with van der Waals surface area (Å²) in [5.74, 6) is 1.87. The molecule has 1 atom stereocenters. The maximum Gasteiger partial charge on any atom is 0.251 e. The Morgan fingerprint density at radius 2 is 1.83 bits per heavy atom. The van der Waals surface area contributed by atoms with Gasteiger partial charge in [0.15, 0.2) is 0 Å². The van der Waals surface area contributed by atoms with E-state index in [4.69, 9.17) is 14.2 Å². The minimum absolute atomic E-state index is 0.0733. The van der Waals surface area contributed by atoms with Crippen molar-refractivity contribution in [2.75, 3.05) is 46.6 Å². The molecule has 1 fully saturated rings. The normalized spacial score (nSPS) is 15.6. The molecule has 1 unspecified atom stereocenters. The topological polar surface area (TPSA) is 60.0 Å². The number of hydrogen-bond acceptors (Lipinski definition) is 5. The summed E-state index contributed by atoms with van der Waals surface area (Å²) in [4.78, 5) is 15.2. The molecule has 6 nitrogen and oxygen atoms in total. The molecule has 2 aromatic rings. The summed E-state index contributed by atoms with van der Waals surface area (Å²) in [5, 5.41) is 3.11. The van der Waals surface area contributed by atoms with E-state index < -0.39 is 0 Å². The van der Waals surface area contributed by atoms with E-state index in [9.17, 15) is 4.79 Å². The van der Waals surface area contributed by atoms with Crippen molar-refractivity contribution < 1.29 is 19.0 Å². The lowest BCUT2D eigenvalue weighted by atomic mass is 10.0. The standard InChI is InChI=1S/C24H32N2O4/c1-18(2)17-30-22-6-4-5-20(15-22)24(27)25-16-23(26-11-13-29-14-12-26)19-7-9-21(28-3)10-8-19/h4-10,15,18,23H,11-14,16-17H2,1-3H3,(H,25,27). The molecule has 0 aromatic heterocycles. The highest BCUT2D eigenvalue weighted by atomic mass is 16.5. The zero-order valence-corrected chi connectivity index (χ0v) is 18.1. The summed E-state index contributed by atoms with van der Waals surface area (Å²) < 4.78 is 16.5. The van der Waals surface area contributed by atoms with Crippen LogP contribution in [-0.2, 0) is 4.74 Å². The Balaban J connectivity index is 1.68. The Morgan fingerprint density at radius 1 is 1.10 bits per heavy atom. The first kappa shape index (κ1) is 22.1. The number of amides is 1. The Morgan fingerprint density at radius 3 is 2.50 bits per heavy atom. The van der Waals surface area contributed by atoms with Crippen LogP contribution in [0.2, 0.25) is 0 Å². The van der Waals surface area contributed by atoms with Crippen LogP contribution in [0.25, 0.3) is 0 Å². The number of benzene rings is 2. The van der Waals surface area contributed by atoms with Gasteiger partial charge in [0.25, 0.3) is 5.91 Å². The number of nitrogens with zero attached hydrogens (tertiary/aromatic N) is 1. The van der Waals surface area contributed by atoms with Crippen LogP contribution in [0.3, 0.4) is 0 Å². The fourth-order valence-electron chi connectivity index (χ4n) is 3.45. The predicted molar refractivity (Wildman–Crippen MR) is 117 cm³/mol. The zero-order valence-electron chi connectivity index (χ0n) is 18.1. The maximum atomic E-state index is 12.8. The molecule has 1 heterocycles. The van der Waals surface area contributed by atoms with Crippen LogP contribution >= 0.6 is 0 Å². The highest BCUT2D eigenvalue weighted by Gasteiger charge is 2.23. The van der Waals surface area contributed by atoms with E-state index in [1.54, 1.807) is 13.2 Å². The number of carbonyl (C=O) groups is 1. The second-order valence-electron chi connectivity index (χ2n) is 7.88. The fourth-order valence-corrected chi connectivity index (χ4v) is 3.45. The summed E-state index contributed by atoms with van der Waals surface area (Å²) in [6, 6.07) is 15.5. The highest BCUT2D eigenvalue weighted by molar-refractivity contribution is 5.94. The molecule has 2 aromatic carbocycles. The van der Waals surface area contributed by atoms with Gasteiger partial charge in [-0.05, 0) is 41.8 Å². The minimum Gasteiger partial charge on any atom is -0.497 e. The molecule has 0 bridgehead atoms. The van der Waals surface area contributed by atoms with E-state index in [1.165, 1.54) is 0 Å². The van der Waals surface area contributed by atoms with Gasteiger partial charge in [-0.1, -0.05) is 32.0 Å². The van der Waals surface area contributed by atoms with Crippen molar-refractivity contribution in [1.82, 2.24) is 10.2 Å². The van der Waals surface area contributed by atoms with E-state index in [0.29, 0.717) is 37.8 Å². The fraction of sp³-hybridized carbons (Fsp3) is 0.458. The number of methoxy groups -OCH3 is 1. The molecule has 1 N–H and O–H groups in total. The van der Waals surface area contributed by atoms with Crippen molar-refractivity contribution in [1.29, 1.82) is 0 Å². The van der Waals surface area contributed by atoms with Crippen molar-refractivity contribution in [3.05, 3.63) is 59.7 Å². The largest absolute Gasteiger partial charge is 0.497 e. The van der Waals surface area contributed by atoms with Crippen molar-refractivity contribution in [2.24, 2.45) is 5.92 Å². The Bertz CT molecular complexity index is 801. The summed E-state index contributed by atoms with van der Waals surface area (Å²) >= 11 is 0. The van der Waals surface area contributed by atoms with E-state index in [-0.39, 0.29) is 11.9 Å². The third kappa shape index (κ3) is 6.21. The van der Waals surface area contributed by atoms with Crippen LogP contribution in [0.4, 0.5) is 0 Å². The van der Waals surface area contributed by atoms with Crippen LogP contribution in [0, 0.1) is 5.92 Å². The molecular formula is C24H32N2O4. The van der Waals surface area contributed by atoms with Gasteiger partial charge in [0.1, 0.15) is 11.5 Å². The Kier molecular flexibility index (Phi) is 8.11. The minimum atomic E-state index is -0.100. The van der Waals surface area contributed by atoms with Gasteiger partial charge in [-0.15, -0.1) is 0 Å². The van der Waals surface area contributed by atoms with E-state index in [2.05, 4.69) is 36.2 Å². The molecule has 1 saturated heterocycles. The lowest BCUT2D eigenvalue weighted by Crippen LogP contribution is -2.43. The maximum absolute atomic E-state index is 12.8. The molecule has 1 aliphatic rings. The monoisotopic (exact) mass is 412 g/mol. The number of ether oxygens (including phenoxy) is 3. The van der Waals surface area contributed by atoms with Gasteiger partial charge in [0.2, 0.25) is 0 Å². The van der Waals surface area contributed by atoms with Gasteiger partial charge in [-0.3, -0.25) is 9.69 Å². The average Bonchev–Trinajstić information content (AvgIpc) is 2.79. The Labute approximate surface area is 179 Å². The number of morpholine rings is 1. The van der Waals surface area contributed by atoms with Crippen LogP contribution < -0.4 is 14.8 Å². The zero-order chi connectivity index (χ0) is 21.3. The van der Waals surface area contributed by atoms with Gasteiger partial charge < -0.3 is 19.5 Å². The van der Waals surface area contributed by atoms with E-state index in [0.717, 1.165) is 30.2 Å². The summed E-state index contributed by atoms with van der Waals surface area (Å²) in [7, 11) is 1.66. The van der Waals surface area contributed by atoms with Crippen LogP contribution in [0.15, 0.2) is 48.5 Å². The summed E-state index contributed by atoms with van der Waals surface area (Å²) in [6.45, 7) is 8.43. The molecule has 6 heteroatoms. The van der Waals surface area contributed by atoms with Crippen LogP contribution in [0.5, 0.6) is 11.5 Å². The predicted octanol–water partition coefficient (Wildman–Crippen LogP) is 3.53. The summed E-state index contributed by atoms with van der Waals surface area (Å²) in [5.41, 5.74) is 1.75. The molecule has 30 heavy (non-hydrogen) atoms. The van der Waals surface area contributed by atoms with Gasteiger partial charge >= 0.3 is 0 Å². The van der Waals surface area contributed by atoms with Gasteiger partial charge in [-0.25, -0.2) is 0 Å². The SMILES string of the molecule is COc1ccc(C(CNC(=O)c2cccc(OCC(C)C)c2)N2CCOCC2)cc1. The van der Waals surface area contributed by atoms with Crippen molar-refractivity contribution in [3.8, 4) is 11.5 Å². The quantitative estimate of drug-likeness (QED) is 0.683. The third-order valence-electron chi connectivity index (χ3n) is 5.12. The molecule has 0 spiro atoms. The van der Waals surface area contributed by atoms with Gasteiger partial charge in [0.05, 0.1) is 33.0 Å². The first-order chi connectivity index (χ1) is 14.6. The Hall–Kier alpha value is -2.57. The van der Waals surface area contributed by atoms with E-state index >= 15 is 0 Å². The second-order valence-corrected chi connectivity index (χ2v) is 7.88. The summed E-state index contributed by atoms with van der Waals surface area (Å²) in [6.07, 6.45) is 0. The van der Waals surface area contributed by atoms with Crippen LogP contribution in [-0.4, -0.2) is 57.4 Å². The first-order valence-corrected chi connectivity index (χ1v) is 10.5. The molecular weight excluding hydrogens is 380 g/mol. The molecule has 0 saturated carbocycles. The molecule has 3 rings (SSSR count).